The molecule has 1 N–H and O–H groups in total. The molecule has 2 unspecified atom stereocenters. The first-order valence-corrected chi connectivity index (χ1v) is 6.35. The monoisotopic (exact) mass is 235 g/mol. The number of methoxy groups -OCH3 is 1. The molecule has 2 rings (SSSR count). The average Bonchev–Trinajstić information content (AvgIpc) is 2.39. The van der Waals surface area contributed by atoms with Crippen LogP contribution in [0, 0.1) is 0 Å². The molecule has 2 atom stereocenters. The van der Waals surface area contributed by atoms with Crippen molar-refractivity contribution in [3.8, 4) is 0 Å². The van der Waals surface area contributed by atoms with E-state index in [0.717, 1.165) is 18.7 Å². The first-order valence-electron chi connectivity index (χ1n) is 6.35. The van der Waals surface area contributed by atoms with Crippen LogP contribution in [0.25, 0.3) is 0 Å². The minimum absolute atomic E-state index is 0.0234. The van der Waals surface area contributed by atoms with Gasteiger partial charge in [0, 0.05) is 30.6 Å². The highest BCUT2D eigenvalue weighted by atomic mass is 16.5. The van der Waals surface area contributed by atoms with Crippen LogP contribution in [0.1, 0.15) is 55.4 Å². The van der Waals surface area contributed by atoms with E-state index in [0.29, 0.717) is 6.04 Å². The van der Waals surface area contributed by atoms with Crippen LogP contribution in [0.4, 0.5) is 0 Å². The lowest BCUT2D eigenvalue weighted by Gasteiger charge is -2.25. The Morgan fingerprint density at radius 2 is 2.41 bits per heavy atom. The lowest BCUT2D eigenvalue weighted by Crippen LogP contribution is -2.23. The number of ether oxygens (including phenoxy) is 1. The fourth-order valence-corrected chi connectivity index (χ4v) is 2.47. The summed E-state index contributed by atoms with van der Waals surface area (Å²) >= 11 is 0. The van der Waals surface area contributed by atoms with Crippen molar-refractivity contribution >= 4 is 0 Å². The second-order valence-corrected chi connectivity index (χ2v) is 4.50. The second-order valence-electron chi connectivity index (χ2n) is 4.50. The topological polar surface area (TPSA) is 47.0 Å². The molecule has 0 amide bonds. The van der Waals surface area contributed by atoms with Crippen LogP contribution in [0.2, 0.25) is 0 Å². The molecule has 1 aliphatic rings. The maximum atomic E-state index is 5.39. The van der Waals surface area contributed by atoms with Crippen LogP contribution in [-0.2, 0) is 11.2 Å². The zero-order chi connectivity index (χ0) is 12.3. The molecular weight excluding hydrogens is 214 g/mol. The molecule has 94 valence electrons. The van der Waals surface area contributed by atoms with Crippen LogP contribution >= 0.6 is 0 Å². The Labute approximate surface area is 103 Å². The van der Waals surface area contributed by atoms with E-state index in [9.17, 15) is 0 Å². The summed E-state index contributed by atoms with van der Waals surface area (Å²) in [6.45, 7) is 2.09. The van der Waals surface area contributed by atoms with Gasteiger partial charge in [-0.15, -0.1) is 0 Å². The third-order valence-electron chi connectivity index (χ3n) is 3.49. The zero-order valence-corrected chi connectivity index (χ0v) is 10.9. The number of hydrogen-bond donors (Lipinski definition) is 1. The second kappa shape index (κ2) is 5.56. The number of aromatic nitrogens is 2. The smallest absolute Gasteiger partial charge is 0.157 e. The van der Waals surface area contributed by atoms with Crippen LogP contribution in [0.15, 0.2) is 6.20 Å². The molecule has 1 heterocycles. The van der Waals surface area contributed by atoms with Gasteiger partial charge in [0.2, 0.25) is 0 Å². The van der Waals surface area contributed by atoms with Crippen LogP contribution in [-0.4, -0.2) is 24.1 Å². The number of nitrogens with zero attached hydrogens (tertiary/aromatic N) is 2. The number of aryl methyl sites for hydroxylation is 1. The van der Waals surface area contributed by atoms with Crippen molar-refractivity contribution in [1.82, 2.24) is 15.3 Å². The molecule has 1 aromatic rings. The van der Waals surface area contributed by atoms with Crippen molar-refractivity contribution in [2.24, 2.45) is 0 Å². The molecule has 4 heteroatoms. The van der Waals surface area contributed by atoms with Crippen LogP contribution < -0.4 is 5.32 Å². The van der Waals surface area contributed by atoms with E-state index < -0.39 is 0 Å². The van der Waals surface area contributed by atoms with Crippen molar-refractivity contribution in [2.45, 2.75) is 44.8 Å². The van der Waals surface area contributed by atoms with Gasteiger partial charge in [0.15, 0.2) is 5.82 Å². The largest absolute Gasteiger partial charge is 0.373 e. The van der Waals surface area contributed by atoms with Gasteiger partial charge in [-0.05, 0) is 32.7 Å². The van der Waals surface area contributed by atoms with E-state index in [2.05, 4.69) is 22.2 Å². The fraction of sp³-hybridized carbons (Fsp3) is 0.692. The summed E-state index contributed by atoms with van der Waals surface area (Å²) < 4.78 is 5.39. The van der Waals surface area contributed by atoms with Crippen LogP contribution in [0.5, 0.6) is 0 Å². The molecule has 17 heavy (non-hydrogen) atoms. The van der Waals surface area contributed by atoms with Gasteiger partial charge in [-0.3, -0.25) is 0 Å². The minimum atomic E-state index is 0.0234. The van der Waals surface area contributed by atoms with Gasteiger partial charge in [0.05, 0.1) is 0 Å². The molecule has 0 bridgehead atoms. The molecule has 0 spiro atoms. The van der Waals surface area contributed by atoms with Crippen molar-refractivity contribution in [3.05, 3.63) is 23.3 Å². The van der Waals surface area contributed by atoms with E-state index in [-0.39, 0.29) is 6.10 Å². The molecule has 0 saturated heterocycles. The highest BCUT2D eigenvalue weighted by Crippen LogP contribution is 2.28. The summed E-state index contributed by atoms with van der Waals surface area (Å²) in [7, 11) is 3.71. The van der Waals surface area contributed by atoms with Gasteiger partial charge < -0.3 is 10.1 Å². The van der Waals surface area contributed by atoms with E-state index >= 15 is 0 Å². The molecule has 0 aliphatic heterocycles. The SMILES string of the molecule is CCC(OC)c1ncc2c(n1)CCCC2NC. The number of nitrogens with one attached hydrogen (secondary N) is 1. The average molecular weight is 235 g/mol. The number of hydrogen-bond acceptors (Lipinski definition) is 4. The number of rotatable bonds is 4. The highest BCUT2D eigenvalue weighted by Gasteiger charge is 2.22. The third-order valence-corrected chi connectivity index (χ3v) is 3.49. The molecule has 4 nitrogen and oxygen atoms in total. The van der Waals surface area contributed by atoms with E-state index in [1.165, 1.54) is 24.1 Å². The Balaban J connectivity index is 2.30. The predicted molar refractivity (Wildman–Crippen MR) is 66.8 cm³/mol. The van der Waals surface area contributed by atoms with Gasteiger partial charge in [0.1, 0.15) is 6.10 Å². The lowest BCUT2D eigenvalue weighted by molar-refractivity contribution is 0.0922. The molecule has 0 fully saturated rings. The fourth-order valence-electron chi connectivity index (χ4n) is 2.47. The van der Waals surface area contributed by atoms with Crippen molar-refractivity contribution in [2.75, 3.05) is 14.2 Å². The van der Waals surface area contributed by atoms with E-state index in [4.69, 9.17) is 4.74 Å². The number of fused-ring (bicyclic) bond motifs is 1. The molecular formula is C13H21N3O. The summed E-state index contributed by atoms with van der Waals surface area (Å²) in [5.74, 6) is 0.825. The Morgan fingerprint density at radius 1 is 1.59 bits per heavy atom. The van der Waals surface area contributed by atoms with Crippen molar-refractivity contribution in [1.29, 1.82) is 0 Å². The predicted octanol–water partition coefficient (Wildman–Crippen LogP) is 2.17. The Morgan fingerprint density at radius 3 is 3.06 bits per heavy atom. The standard InChI is InChI=1S/C13H21N3O/c1-4-12(17-3)13-15-8-9-10(14-2)6-5-7-11(9)16-13/h8,10,12,14H,4-7H2,1-3H3. The summed E-state index contributed by atoms with van der Waals surface area (Å²) in [5.41, 5.74) is 2.45. The van der Waals surface area contributed by atoms with E-state index in [1.54, 1.807) is 7.11 Å². The third kappa shape index (κ3) is 2.48. The molecule has 0 saturated carbocycles. The lowest BCUT2D eigenvalue weighted by atomic mass is 9.92. The quantitative estimate of drug-likeness (QED) is 0.869. The van der Waals surface area contributed by atoms with Crippen molar-refractivity contribution < 1.29 is 4.74 Å². The molecule has 0 radical (unpaired) electrons. The maximum Gasteiger partial charge on any atom is 0.157 e. The first kappa shape index (κ1) is 12.5. The highest BCUT2D eigenvalue weighted by molar-refractivity contribution is 5.24. The van der Waals surface area contributed by atoms with Gasteiger partial charge >= 0.3 is 0 Å². The van der Waals surface area contributed by atoms with Gasteiger partial charge in [-0.2, -0.15) is 0 Å². The van der Waals surface area contributed by atoms with Gasteiger partial charge in [-0.1, -0.05) is 6.92 Å². The van der Waals surface area contributed by atoms with Crippen molar-refractivity contribution in [3.63, 3.8) is 0 Å². The summed E-state index contributed by atoms with van der Waals surface area (Å²) in [5, 5.41) is 3.33. The summed E-state index contributed by atoms with van der Waals surface area (Å²) in [6, 6.07) is 0.412. The minimum Gasteiger partial charge on any atom is -0.373 e. The normalized spacial score (nSPS) is 21.0. The molecule has 1 aliphatic carbocycles. The zero-order valence-electron chi connectivity index (χ0n) is 10.9. The maximum absolute atomic E-state index is 5.39. The first-order chi connectivity index (χ1) is 8.30. The summed E-state index contributed by atoms with van der Waals surface area (Å²) in [6.07, 6.45) is 6.33. The van der Waals surface area contributed by atoms with Gasteiger partial charge in [0.25, 0.3) is 0 Å². The summed E-state index contributed by atoms with van der Waals surface area (Å²) in [4.78, 5) is 9.13. The van der Waals surface area contributed by atoms with Gasteiger partial charge in [-0.25, -0.2) is 9.97 Å². The Kier molecular flexibility index (Phi) is 4.07. The van der Waals surface area contributed by atoms with E-state index in [1.807, 2.05) is 13.2 Å². The molecule has 1 aromatic heterocycles. The Bertz CT molecular complexity index is 377. The van der Waals surface area contributed by atoms with Crippen LogP contribution in [0.3, 0.4) is 0 Å². The Hall–Kier alpha value is -1.00. The molecule has 0 aromatic carbocycles.